The molecular formula is C9H8BrClFNO2. The van der Waals surface area contributed by atoms with Crippen molar-refractivity contribution < 1.29 is 9.31 Å². The Morgan fingerprint density at radius 3 is 2.73 bits per heavy atom. The zero-order valence-corrected chi connectivity index (χ0v) is 10.2. The number of nitrogens with zero attached hydrogens (tertiary/aromatic N) is 1. The van der Waals surface area contributed by atoms with Gasteiger partial charge >= 0.3 is 0 Å². The van der Waals surface area contributed by atoms with Gasteiger partial charge in [0.15, 0.2) is 0 Å². The van der Waals surface area contributed by atoms with Crippen molar-refractivity contribution in [3.05, 3.63) is 38.7 Å². The maximum atomic E-state index is 13.1. The molecule has 0 aliphatic heterocycles. The molecule has 15 heavy (non-hydrogen) atoms. The van der Waals surface area contributed by atoms with Crippen LogP contribution in [0.15, 0.2) is 12.1 Å². The molecule has 82 valence electrons. The second-order valence-electron chi connectivity index (χ2n) is 3.14. The molecule has 0 heterocycles. The van der Waals surface area contributed by atoms with E-state index in [1.54, 1.807) is 0 Å². The van der Waals surface area contributed by atoms with Crippen molar-refractivity contribution in [1.82, 2.24) is 0 Å². The Morgan fingerprint density at radius 2 is 2.27 bits per heavy atom. The number of nitro groups is 1. The minimum absolute atomic E-state index is 0.0387. The highest BCUT2D eigenvalue weighted by molar-refractivity contribution is 9.09. The van der Waals surface area contributed by atoms with Crippen LogP contribution in [-0.4, -0.2) is 9.75 Å². The Hall–Kier alpha value is -0.680. The summed E-state index contributed by atoms with van der Waals surface area (Å²) in [6.07, 6.45) is 0.379. The van der Waals surface area contributed by atoms with Crippen molar-refractivity contribution in [2.24, 2.45) is 0 Å². The monoisotopic (exact) mass is 295 g/mol. The van der Waals surface area contributed by atoms with E-state index in [-0.39, 0.29) is 15.5 Å². The van der Waals surface area contributed by atoms with E-state index in [0.29, 0.717) is 12.0 Å². The molecule has 0 radical (unpaired) electrons. The standard InChI is InChI=1S/C9H8BrClFNO2/c1-5(10)2-6-3-8(12)7(11)4-9(6)13(14)15/h3-5H,2H2,1H3. The number of hydrogen-bond acceptors (Lipinski definition) is 2. The van der Waals surface area contributed by atoms with Gasteiger partial charge in [0.25, 0.3) is 5.69 Å². The molecule has 1 rings (SSSR count). The summed E-state index contributed by atoms with van der Waals surface area (Å²) in [5.74, 6) is -0.634. The predicted molar refractivity (Wildman–Crippen MR) is 60.2 cm³/mol. The summed E-state index contributed by atoms with van der Waals surface area (Å²) in [5.41, 5.74) is 0.193. The van der Waals surface area contributed by atoms with Crippen LogP contribution in [-0.2, 0) is 6.42 Å². The van der Waals surface area contributed by atoms with Gasteiger partial charge in [0.05, 0.1) is 9.95 Å². The molecule has 1 atom stereocenters. The molecular weight excluding hydrogens is 288 g/mol. The van der Waals surface area contributed by atoms with E-state index >= 15 is 0 Å². The van der Waals surface area contributed by atoms with Crippen LogP contribution in [0.25, 0.3) is 0 Å². The van der Waals surface area contributed by atoms with Crippen molar-refractivity contribution in [3.63, 3.8) is 0 Å². The van der Waals surface area contributed by atoms with Gasteiger partial charge in [-0.2, -0.15) is 0 Å². The first-order valence-corrected chi connectivity index (χ1v) is 5.47. The lowest BCUT2D eigenvalue weighted by atomic mass is 10.1. The first-order chi connectivity index (χ1) is 6.91. The molecule has 3 nitrogen and oxygen atoms in total. The average Bonchev–Trinajstić information content (AvgIpc) is 2.09. The van der Waals surface area contributed by atoms with Gasteiger partial charge < -0.3 is 0 Å². The third-order valence-corrected chi connectivity index (χ3v) is 2.43. The van der Waals surface area contributed by atoms with Crippen LogP contribution in [0.4, 0.5) is 10.1 Å². The summed E-state index contributed by atoms with van der Waals surface area (Å²) in [6, 6.07) is 2.15. The maximum Gasteiger partial charge on any atom is 0.274 e. The van der Waals surface area contributed by atoms with Crippen LogP contribution in [0.1, 0.15) is 12.5 Å². The lowest BCUT2D eigenvalue weighted by Crippen LogP contribution is -2.02. The molecule has 0 spiro atoms. The van der Waals surface area contributed by atoms with Crippen molar-refractivity contribution >= 4 is 33.2 Å². The minimum atomic E-state index is -0.634. The van der Waals surface area contributed by atoms with Crippen LogP contribution in [0.2, 0.25) is 5.02 Å². The third kappa shape index (κ3) is 3.14. The topological polar surface area (TPSA) is 43.1 Å². The van der Waals surface area contributed by atoms with Gasteiger partial charge in [0, 0.05) is 16.5 Å². The van der Waals surface area contributed by atoms with Crippen molar-refractivity contribution in [1.29, 1.82) is 0 Å². The fourth-order valence-electron chi connectivity index (χ4n) is 1.21. The van der Waals surface area contributed by atoms with Gasteiger partial charge in [-0.15, -0.1) is 0 Å². The highest BCUT2D eigenvalue weighted by atomic mass is 79.9. The van der Waals surface area contributed by atoms with Crippen LogP contribution in [0.5, 0.6) is 0 Å². The highest BCUT2D eigenvalue weighted by Crippen LogP contribution is 2.28. The summed E-state index contributed by atoms with van der Waals surface area (Å²) in [6.45, 7) is 1.83. The summed E-state index contributed by atoms with van der Waals surface area (Å²) in [5, 5.41) is 10.4. The van der Waals surface area contributed by atoms with E-state index < -0.39 is 10.7 Å². The molecule has 0 bridgehead atoms. The summed E-state index contributed by atoms with van der Waals surface area (Å²) in [7, 11) is 0. The minimum Gasteiger partial charge on any atom is -0.258 e. The average molecular weight is 297 g/mol. The zero-order chi connectivity index (χ0) is 11.6. The Kier molecular flexibility index (Phi) is 4.04. The van der Waals surface area contributed by atoms with E-state index in [1.807, 2.05) is 6.92 Å². The lowest BCUT2D eigenvalue weighted by molar-refractivity contribution is -0.385. The number of halogens is 3. The highest BCUT2D eigenvalue weighted by Gasteiger charge is 2.18. The predicted octanol–water partition coefficient (Wildman–Crippen LogP) is 3.71. The van der Waals surface area contributed by atoms with E-state index in [4.69, 9.17) is 11.6 Å². The second kappa shape index (κ2) is 4.90. The Bertz CT molecular complexity index is 398. The van der Waals surface area contributed by atoms with Gasteiger partial charge in [-0.05, 0) is 12.5 Å². The molecule has 1 unspecified atom stereocenters. The number of rotatable bonds is 3. The van der Waals surface area contributed by atoms with Gasteiger partial charge in [-0.25, -0.2) is 4.39 Å². The van der Waals surface area contributed by atoms with Crippen LogP contribution in [0.3, 0.4) is 0 Å². The fraction of sp³-hybridized carbons (Fsp3) is 0.333. The second-order valence-corrected chi connectivity index (χ2v) is 5.11. The lowest BCUT2D eigenvalue weighted by Gasteiger charge is -2.05. The molecule has 0 fully saturated rings. The van der Waals surface area contributed by atoms with Gasteiger partial charge in [-0.1, -0.05) is 34.5 Å². The first-order valence-electron chi connectivity index (χ1n) is 4.18. The van der Waals surface area contributed by atoms with Gasteiger partial charge in [-0.3, -0.25) is 10.1 Å². The van der Waals surface area contributed by atoms with Gasteiger partial charge in [0.1, 0.15) is 5.82 Å². The normalized spacial score (nSPS) is 12.5. The van der Waals surface area contributed by atoms with E-state index in [0.717, 1.165) is 12.1 Å². The first kappa shape index (κ1) is 12.4. The Morgan fingerprint density at radius 1 is 1.67 bits per heavy atom. The molecule has 1 aromatic carbocycles. The summed E-state index contributed by atoms with van der Waals surface area (Å²) in [4.78, 5) is 10.2. The van der Waals surface area contributed by atoms with Crippen molar-refractivity contribution in [2.75, 3.05) is 0 Å². The molecule has 6 heteroatoms. The molecule has 0 saturated heterocycles. The summed E-state index contributed by atoms with van der Waals surface area (Å²) >= 11 is 8.73. The number of hydrogen-bond donors (Lipinski definition) is 0. The molecule has 0 amide bonds. The molecule has 0 aromatic heterocycles. The van der Waals surface area contributed by atoms with Crippen LogP contribution in [0, 0.1) is 15.9 Å². The quantitative estimate of drug-likeness (QED) is 0.485. The van der Waals surface area contributed by atoms with E-state index in [1.165, 1.54) is 0 Å². The van der Waals surface area contributed by atoms with Crippen LogP contribution >= 0.6 is 27.5 Å². The van der Waals surface area contributed by atoms with Crippen molar-refractivity contribution in [3.8, 4) is 0 Å². The van der Waals surface area contributed by atoms with Crippen molar-refractivity contribution in [2.45, 2.75) is 18.2 Å². The molecule has 0 saturated carbocycles. The number of benzene rings is 1. The fourth-order valence-corrected chi connectivity index (χ4v) is 1.72. The van der Waals surface area contributed by atoms with E-state index in [2.05, 4.69) is 15.9 Å². The largest absolute Gasteiger partial charge is 0.274 e. The van der Waals surface area contributed by atoms with E-state index in [9.17, 15) is 14.5 Å². The zero-order valence-electron chi connectivity index (χ0n) is 7.84. The van der Waals surface area contributed by atoms with Gasteiger partial charge in [0.2, 0.25) is 0 Å². The molecule has 0 aliphatic rings. The van der Waals surface area contributed by atoms with Crippen LogP contribution < -0.4 is 0 Å². The molecule has 1 aromatic rings. The summed E-state index contributed by atoms with van der Waals surface area (Å²) < 4.78 is 13.1. The third-order valence-electron chi connectivity index (χ3n) is 1.82. The molecule has 0 N–H and O–H groups in total. The molecule has 0 aliphatic carbocycles. The Balaban J connectivity index is 3.22. The number of alkyl halides is 1. The SMILES string of the molecule is CC(Br)Cc1cc(F)c(Cl)cc1[N+](=O)[O-]. The number of nitro benzene ring substituents is 1. The Labute approximate surface area is 99.5 Å². The smallest absolute Gasteiger partial charge is 0.258 e. The maximum absolute atomic E-state index is 13.1.